The van der Waals surface area contributed by atoms with Crippen molar-refractivity contribution >= 4 is 21.9 Å². The van der Waals surface area contributed by atoms with Crippen LogP contribution in [0.5, 0.6) is 0 Å². The van der Waals surface area contributed by atoms with E-state index in [2.05, 4.69) is 9.97 Å². The van der Waals surface area contributed by atoms with E-state index < -0.39 is 21.9 Å². The first kappa shape index (κ1) is 13.4. The van der Waals surface area contributed by atoms with Gasteiger partial charge in [-0.2, -0.15) is 13.7 Å². The molecule has 1 atom stereocenters. The third-order valence-electron chi connectivity index (χ3n) is 2.67. The average molecular weight is 284 g/mol. The standard InChI is InChI=1S/C10H9FN4O3S/c11-19(17,18)6-7-1-10(16)15(5-7)9-4-13-8(2-12)3-14-9/h3-4,7H,1,5-6H2. The van der Waals surface area contributed by atoms with Crippen molar-refractivity contribution in [2.45, 2.75) is 6.42 Å². The van der Waals surface area contributed by atoms with Gasteiger partial charge in [0.25, 0.3) is 0 Å². The van der Waals surface area contributed by atoms with Gasteiger partial charge in [-0.15, -0.1) is 3.89 Å². The van der Waals surface area contributed by atoms with Crippen LogP contribution in [0.1, 0.15) is 12.1 Å². The Morgan fingerprint density at radius 2 is 2.21 bits per heavy atom. The van der Waals surface area contributed by atoms with E-state index >= 15 is 0 Å². The maximum atomic E-state index is 12.6. The molecule has 1 unspecified atom stereocenters. The normalized spacial score (nSPS) is 19.5. The molecule has 0 saturated carbocycles. The lowest BCUT2D eigenvalue weighted by Crippen LogP contribution is -2.26. The second-order valence-corrected chi connectivity index (χ2v) is 5.56. The molecule has 0 N–H and O–H groups in total. The van der Waals surface area contributed by atoms with Crippen molar-refractivity contribution in [3.05, 3.63) is 18.1 Å². The molecule has 1 aromatic heterocycles. The third-order valence-corrected chi connectivity index (χ3v) is 3.54. The van der Waals surface area contributed by atoms with Crippen LogP contribution in [0.4, 0.5) is 9.70 Å². The lowest BCUT2D eigenvalue weighted by atomic mass is 10.1. The van der Waals surface area contributed by atoms with Crippen LogP contribution in [0, 0.1) is 17.2 Å². The van der Waals surface area contributed by atoms with Crippen LogP contribution in [-0.4, -0.2) is 36.6 Å². The first-order chi connectivity index (χ1) is 8.89. The van der Waals surface area contributed by atoms with Crippen LogP contribution < -0.4 is 4.90 Å². The SMILES string of the molecule is N#Cc1cnc(N2CC(CS(=O)(=O)F)CC2=O)cn1. The molecule has 1 amide bonds. The number of amides is 1. The molecule has 0 aromatic carbocycles. The molecule has 1 saturated heterocycles. The number of anilines is 1. The minimum Gasteiger partial charge on any atom is -0.295 e. The number of halogens is 1. The zero-order valence-electron chi connectivity index (χ0n) is 9.65. The molecule has 19 heavy (non-hydrogen) atoms. The largest absolute Gasteiger partial charge is 0.302 e. The van der Waals surface area contributed by atoms with Crippen molar-refractivity contribution in [2.75, 3.05) is 17.2 Å². The van der Waals surface area contributed by atoms with Gasteiger partial charge >= 0.3 is 10.2 Å². The molecule has 1 aliphatic heterocycles. The third kappa shape index (κ3) is 3.23. The Morgan fingerprint density at radius 3 is 2.74 bits per heavy atom. The van der Waals surface area contributed by atoms with Crippen molar-refractivity contribution < 1.29 is 17.1 Å². The van der Waals surface area contributed by atoms with Gasteiger partial charge < -0.3 is 0 Å². The smallest absolute Gasteiger partial charge is 0.295 e. The predicted octanol–water partition coefficient (Wildman–Crippen LogP) is 0.000480. The van der Waals surface area contributed by atoms with E-state index in [0.717, 1.165) is 0 Å². The molecule has 2 heterocycles. The second-order valence-electron chi connectivity index (χ2n) is 4.15. The van der Waals surface area contributed by atoms with Gasteiger partial charge in [-0.3, -0.25) is 9.69 Å². The highest BCUT2D eigenvalue weighted by molar-refractivity contribution is 7.86. The van der Waals surface area contributed by atoms with Gasteiger partial charge in [0.15, 0.2) is 11.5 Å². The summed E-state index contributed by atoms with van der Waals surface area (Å²) < 4.78 is 33.7. The molecule has 0 radical (unpaired) electrons. The number of rotatable bonds is 3. The summed E-state index contributed by atoms with van der Waals surface area (Å²) in [6.45, 7) is 0.0720. The molecule has 1 aliphatic rings. The van der Waals surface area contributed by atoms with Crippen LogP contribution in [0.25, 0.3) is 0 Å². The number of carbonyl (C=O) groups excluding carboxylic acids is 1. The van der Waals surface area contributed by atoms with Gasteiger partial charge in [0.05, 0.1) is 18.1 Å². The van der Waals surface area contributed by atoms with Crippen LogP contribution in [0.2, 0.25) is 0 Å². The summed E-state index contributed by atoms with van der Waals surface area (Å²) in [5, 5.41) is 8.57. The molecule has 0 bridgehead atoms. The van der Waals surface area contributed by atoms with E-state index in [4.69, 9.17) is 5.26 Å². The van der Waals surface area contributed by atoms with Crippen LogP contribution >= 0.6 is 0 Å². The average Bonchev–Trinajstić information content (AvgIpc) is 2.68. The fourth-order valence-corrected chi connectivity index (χ4v) is 2.70. The maximum absolute atomic E-state index is 12.6. The van der Waals surface area contributed by atoms with Crippen molar-refractivity contribution in [3.63, 3.8) is 0 Å². The summed E-state index contributed by atoms with van der Waals surface area (Å²) in [6.07, 6.45) is 2.41. The summed E-state index contributed by atoms with van der Waals surface area (Å²) >= 11 is 0. The van der Waals surface area contributed by atoms with Gasteiger partial charge in [-0.05, 0) is 0 Å². The highest BCUT2D eigenvalue weighted by atomic mass is 32.3. The van der Waals surface area contributed by atoms with E-state index in [9.17, 15) is 17.1 Å². The Morgan fingerprint density at radius 1 is 1.47 bits per heavy atom. The lowest BCUT2D eigenvalue weighted by molar-refractivity contribution is -0.117. The molecule has 2 rings (SSSR count). The molecular formula is C10H9FN4O3S. The summed E-state index contributed by atoms with van der Waals surface area (Å²) in [5.74, 6) is -1.39. The second kappa shape index (κ2) is 4.89. The monoisotopic (exact) mass is 284 g/mol. The molecule has 9 heteroatoms. The number of carbonyl (C=O) groups is 1. The highest BCUT2D eigenvalue weighted by Crippen LogP contribution is 2.24. The summed E-state index contributed by atoms with van der Waals surface area (Å²) in [5.41, 5.74) is 0.110. The van der Waals surface area contributed by atoms with Crippen molar-refractivity contribution in [1.29, 1.82) is 5.26 Å². The van der Waals surface area contributed by atoms with Gasteiger partial charge in [0.1, 0.15) is 6.07 Å². The Hall–Kier alpha value is -2.08. The van der Waals surface area contributed by atoms with E-state index in [1.165, 1.54) is 17.3 Å². The van der Waals surface area contributed by atoms with Gasteiger partial charge in [0.2, 0.25) is 5.91 Å². The van der Waals surface area contributed by atoms with E-state index in [0.29, 0.717) is 0 Å². The summed E-state index contributed by atoms with van der Waals surface area (Å²) in [4.78, 5) is 20.6. The zero-order chi connectivity index (χ0) is 14.0. The first-order valence-electron chi connectivity index (χ1n) is 5.34. The summed E-state index contributed by atoms with van der Waals surface area (Å²) in [6, 6.07) is 1.79. The molecule has 1 aromatic rings. The quantitative estimate of drug-likeness (QED) is 0.724. The molecule has 1 fully saturated rings. The number of nitriles is 1. The molecule has 100 valence electrons. The number of hydrogen-bond acceptors (Lipinski definition) is 6. The predicted molar refractivity (Wildman–Crippen MR) is 62.1 cm³/mol. The fraction of sp³-hybridized carbons (Fsp3) is 0.400. The Bertz CT molecular complexity index is 638. The van der Waals surface area contributed by atoms with Crippen LogP contribution in [0.15, 0.2) is 12.4 Å². The van der Waals surface area contributed by atoms with E-state index in [1.807, 2.05) is 0 Å². The van der Waals surface area contributed by atoms with Crippen molar-refractivity contribution in [2.24, 2.45) is 5.92 Å². The Balaban J connectivity index is 2.13. The number of hydrogen-bond donors (Lipinski definition) is 0. The lowest BCUT2D eigenvalue weighted by Gasteiger charge is -2.14. The van der Waals surface area contributed by atoms with E-state index in [-0.39, 0.29) is 30.4 Å². The topological polar surface area (TPSA) is 104 Å². The zero-order valence-corrected chi connectivity index (χ0v) is 10.5. The molecule has 7 nitrogen and oxygen atoms in total. The van der Waals surface area contributed by atoms with Crippen LogP contribution in [0.3, 0.4) is 0 Å². The minimum absolute atomic E-state index is 0.0508. The van der Waals surface area contributed by atoms with Crippen molar-refractivity contribution in [3.8, 4) is 6.07 Å². The molecule has 0 aliphatic carbocycles. The van der Waals surface area contributed by atoms with Gasteiger partial charge in [-0.1, -0.05) is 0 Å². The van der Waals surface area contributed by atoms with Gasteiger partial charge in [0, 0.05) is 18.9 Å². The Labute approximate surface area is 108 Å². The van der Waals surface area contributed by atoms with Crippen LogP contribution in [-0.2, 0) is 15.0 Å². The first-order valence-corrected chi connectivity index (χ1v) is 6.89. The number of aromatic nitrogens is 2. The maximum Gasteiger partial charge on any atom is 0.302 e. The fourth-order valence-electron chi connectivity index (χ4n) is 1.91. The van der Waals surface area contributed by atoms with Crippen molar-refractivity contribution in [1.82, 2.24) is 9.97 Å². The van der Waals surface area contributed by atoms with E-state index in [1.54, 1.807) is 6.07 Å². The molecule has 0 spiro atoms. The highest BCUT2D eigenvalue weighted by Gasteiger charge is 2.34. The minimum atomic E-state index is -4.61. The number of nitrogens with zero attached hydrogens (tertiary/aromatic N) is 4. The Kier molecular flexibility index (Phi) is 3.44. The van der Waals surface area contributed by atoms with Gasteiger partial charge in [-0.25, -0.2) is 9.97 Å². The molecular weight excluding hydrogens is 275 g/mol. The summed E-state index contributed by atoms with van der Waals surface area (Å²) in [7, 11) is -4.61.